The smallest absolute Gasteiger partial charge is 0.306 e. The van der Waals surface area contributed by atoms with Crippen molar-refractivity contribution in [2.45, 2.75) is 72.1 Å². The molecule has 0 spiro atoms. The van der Waals surface area contributed by atoms with E-state index in [1.54, 1.807) is 6.26 Å². The van der Waals surface area contributed by atoms with Crippen LogP contribution in [0.25, 0.3) is 0 Å². The fourth-order valence-corrected chi connectivity index (χ4v) is 5.79. The third-order valence-electron chi connectivity index (χ3n) is 7.84. The monoisotopic (exact) mass is 402 g/mol. The zero-order valence-electron chi connectivity index (χ0n) is 17.9. The van der Waals surface area contributed by atoms with Crippen molar-refractivity contribution in [1.82, 2.24) is 0 Å². The number of carbonyl (C=O) groups is 2. The number of ether oxygens (including phenoxy) is 1. The van der Waals surface area contributed by atoms with Gasteiger partial charge in [0.05, 0.1) is 32.0 Å². The van der Waals surface area contributed by atoms with E-state index in [-0.39, 0.29) is 29.6 Å². The van der Waals surface area contributed by atoms with Crippen molar-refractivity contribution in [3.05, 3.63) is 35.8 Å². The first kappa shape index (κ1) is 21.7. The third kappa shape index (κ3) is 4.59. The first-order chi connectivity index (χ1) is 13.8. The zero-order chi connectivity index (χ0) is 21.1. The number of rotatable bonds is 8. The van der Waals surface area contributed by atoms with E-state index in [0.29, 0.717) is 12.5 Å². The Balaban J connectivity index is 1.76. The van der Waals surface area contributed by atoms with E-state index in [1.165, 1.54) is 17.6 Å². The number of hydrogen-bond donors (Lipinski definition) is 1. The molecule has 0 bridgehead atoms. The highest BCUT2D eigenvalue weighted by atomic mass is 16.5. The van der Waals surface area contributed by atoms with Crippen molar-refractivity contribution in [2.24, 2.45) is 22.7 Å². The third-order valence-corrected chi connectivity index (χ3v) is 7.84. The molecule has 0 radical (unpaired) electrons. The summed E-state index contributed by atoms with van der Waals surface area (Å²) in [6.45, 7) is 7.45. The maximum Gasteiger partial charge on any atom is 0.306 e. The molecular weight excluding hydrogens is 368 g/mol. The molecule has 2 aliphatic rings. The molecule has 160 valence electrons. The molecule has 0 saturated heterocycles. The minimum Gasteiger partial charge on any atom is -0.481 e. The molecule has 1 heterocycles. The van der Waals surface area contributed by atoms with Crippen molar-refractivity contribution < 1.29 is 23.8 Å². The van der Waals surface area contributed by atoms with Crippen LogP contribution in [0, 0.1) is 22.7 Å². The van der Waals surface area contributed by atoms with Crippen LogP contribution in [-0.4, -0.2) is 23.7 Å². The highest BCUT2D eigenvalue weighted by molar-refractivity contribution is 5.76. The summed E-state index contributed by atoms with van der Waals surface area (Å²) in [5.74, 6) is -0.544. The van der Waals surface area contributed by atoms with Crippen LogP contribution >= 0.6 is 0 Å². The number of hydrogen-bond acceptors (Lipinski definition) is 4. The molecule has 0 amide bonds. The number of esters is 1. The van der Waals surface area contributed by atoms with E-state index in [2.05, 4.69) is 26.8 Å². The highest BCUT2D eigenvalue weighted by Gasteiger charge is 2.54. The van der Waals surface area contributed by atoms with Crippen LogP contribution < -0.4 is 0 Å². The van der Waals surface area contributed by atoms with E-state index in [0.717, 1.165) is 32.1 Å². The summed E-state index contributed by atoms with van der Waals surface area (Å²) in [7, 11) is 0. The van der Waals surface area contributed by atoms with Gasteiger partial charge in [0, 0.05) is 0 Å². The maximum absolute atomic E-state index is 12.0. The number of aryl methyl sites for hydroxylation is 1. The molecule has 1 aromatic rings. The summed E-state index contributed by atoms with van der Waals surface area (Å²) in [6.07, 6.45) is 12.1. The van der Waals surface area contributed by atoms with Gasteiger partial charge in [-0.15, -0.1) is 0 Å². The number of carboxylic acid groups (broad SMARTS) is 1. The van der Waals surface area contributed by atoms with Gasteiger partial charge in [0.25, 0.3) is 0 Å². The average molecular weight is 403 g/mol. The minimum atomic E-state index is -0.968. The first-order valence-electron chi connectivity index (χ1n) is 10.8. The van der Waals surface area contributed by atoms with Crippen LogP contribution in [0.1, 0.15) is 71.3 Å². The number of aliphatic carboxylic acids is 1. The normalized spacial score (nSPS) is 31.6. The predicted molar refractivity (Wildman–Crippen MR) is 110 cm³/mol. The number of allylic oxidation sites excluding steroid dienone is 2. The Hall–Kier alpha value is -2.04. The summed E-state index contributed by atoms with van der Waals surface area (Å²) in [5.41, 5.74) is 2.96. The molecular formula is C24H34O5. The molecule has 0 unspecified atom stereocenters. The summed E-state index contributed by atoms with van der Waals surface area (Å²) < 4.78 is 10.8. The minimum absolute atomic E-state index is 0.0485. The maximum atomic E-state index is 12.0. The van der Waals surface area contributed by atoms with Gasteiger partial charge in [0.1, 0.15) is 0 Å². The number of furan rings is 1. The van der Waals surface area contributed by atoms with Gasteiger partial charge < -0.3 is 14.3 Å². The largest absolute Gasteiger partial charge is 0.481 e. The van der Waals surface area contributed by atoms with Crippen LogP contribution in [0.15, 0.2) is 34.7 Å². The Morgan fingerprint density at radius 1 is 1.28 bits per heavy atom. The van der Waals surface area contributed by atoms with Crippen molar-refractivity contribution in [3.8, 4) is 0 Å². The molecule has 0 aliphatic heterocycles. The highest BCUT2D eigenvalue weighted by Crippen LogP contribution is 2.61. The Kier molecular flexibility index (Phi) is 6.55. The van der Waals surface area contributed by atoms with Gasteiger partial charge in [-0.1, -0.05) is 25.5 Å². The number of carboxylic acids is 1. The van der Waals surface area contributed by atoms with Gasteiger partial charge in [-0.3, -0.25) is 9.59 Å². The molecule has 5 nitrogen and oxygen atoms in total. The summed E-state index contributed by atoms with van der Waals surface area (Å²) in [5, 5.41) is 8.78. The number of fused-ring (bicyclic) bond motifs is 1. The Labute approximate surface area is 173 Å². The first-order valence-corrected chi connectivity index (χ1v) is 10.8. The molecule has 1 fully saturated rings. The molecule has 5 heteroatoms. The number of carbonyl (C=O) groups excluding carboxylic acids is 1. The van der Waals surface area contributed by atoms with Crippen molar-refractivity contribution >= 4 is 11.9 Å². The molecule has 1 saturated carbocycles. The standard InChI is InChI=1S/C24H34O5/c1-17-5-4-6-20-23(17,2)13-10-19(16-29-22(27)8-7-21(25)26)24(20,3)12-9-18-11-14-28-15-18/h5,11,14-15,19-20H,4,6-10,12-13,16H2,1-3H3,(H,25,26)/t19-,20-,23-,24+/m0/s1. The fourth-order valence-electron chi connectivity index (χ4n) is 5.79. The molecule has 29 heavy (non-hydrogen) atoms. The van der Waals surface area contributed by atoms with Gasteiger partial charge in [0.2, 0.25) is 0 Å². The van der Waals surface area contributed by atoms with E-state index < -0.39 is 11.9 Å². The second-order valence-electron chi connectivity index (χ2n) is 9.38. The van der Waals surface area contributed by atoms with Crippen LogP contribution in [0.4, 0.5) is 0 Å². The molecule has 2 aliphatic carbocycles. The SMILES string of the molecule is CC1=CCC[C@@H]2[C@](C)(CCc3ccoc3)[C@H](COC(=O)CCC(=O)O)CC[C@@]12C. The van der Waals surface area contributed by atoms with Gasteiger partial charge in [-0.2, -0.15) is 0 Å². The van der Waals surface area contributed by atoms with E-state index in [9.17, 15) is 9.59 Å². The zero-order valence-corrected chi connectivity index (χ0v) is 17.9. The van der Waals surface area contributed by atoms with E-state index in [1.807, 2.05) is 12.3 Å². The Bertz CT molecular complexity index is 749. The lowest BCUT2D eigenvalue weighted by atomic mass is 9.46. The van der Waals surface area contributed by atoms with Gasteiger partial charge in [-0.05, 0) is 79.7 Å². The van der Waals surface area contributed by atoms with Gasteiger partial charge in [-0.25, -0.2) is 0 Å². The Morgan fingerprint density at radius 2 is 2.07 bits per heavy atom. The summed E-state index contributed by atoms with van der Waals surface area (Å²) in [4.78, 5) is 22.7. The average Bonchev–Trinajstić information content (AvgIpc) is 3.20. The van der Waals surface area contributed by atoms with Crippen LogP contribution in [-0.2, 0) is 20.7 Å². The lowest BCUT2D eigenvalue weighted by Crippen LogP contribution is -2.51. The predicted octanol–water partition coefficient (Wildman–Crippen LogP) is 5.40. The fraction of sp³-hybridized carbons (Fsp3) is 0.667. The van der Waals surface area contributed by atoms with Crippen LogP contribution in [0.5, 0.6) is 0 Å². The molecule has 4 atom stereocenters. The van der Waals surface area contributed by atoms with Crippen LogP contribution in [0.2, 0.25) is 0 Å². The van der Waals surface area contributed by atoms with Crippen molar-refractivity contribution in [2.75, 3.05) is 6.61 Å². The second-order valence-corrected chi connectivity index (χ2v) is 9.38. The Morgan fingerprint density at radius 3 is 2.76 bits per heavy atom. The summed E-state index contributed by atoms with van der Waals surface area (Å²) >= 11 is 0. The molecule has 3 rings (SSSR count). The van der Waals surface area contributed by atoms with E-state index >= 15 is 0 Å². The topological polar surface area (TPSA) is 76.7 Å². The molecule has 0 aromatic carbocycles. The second kappa shape index (κ2) is 8.76. The van der Waals surface area contributed by atoms with E-state index in [4.69, 9.17) is 14.3 Å². The van der Waals surface area contributed by atoms with Crippen molar-refractivity contribution in [3.63, 3.8) is 0 Å². The van der Waals surface area contributed by atoms with Crippen LogP contribution in [0.3, 0.4) is 0 Å². The lowest BCUT2D eigenvalue weighted by Gasteiger charge is -2.58. The van der Waals surface area contributed by atoms with Gasteiger partial charge in [0.15, 0.2) is 0 Å². The van der Waals surface area contributed by atoms with Gasteiger partial charge >= 0.3 is 11.9 Å². The molecule has 1 aromatic heterocycles. The van der Waals surface area contributed by atoms with Crippen molar-refractivity contribution in [1.29, 1.82) is 0 Å². The quantitative estimate of drug-likeness (QED) is 0.465. The summed E-state index contributed by atoms with van der Waals surface area (Å²) in [6, 6.07) is 2.03. The lowest BCUT2D eigenvalue weighted by molar-refractivity contribution is -0.153. The molecule has 1 N–H and O–H groups in total.